The molecule has 0 saturated heterocycles. The van der Waals surface area contributed by atoms with E-state index in [1.165, 1.54) is 12.3 Å². The van der Waals surface area contributed by atoms with E-state index in [1.807, 2.05) is 13.8 Å². The molecule has 1 rings (SSSR count). The minimum atomic E-state index is -0.826. The Labute approximate surface area is 99.7 Å². The minimum absolute atomic E-state index is 0.115. The highest BCUT2D eigenvalue weighted by Crippen LogP contribution is 2.19. The van der Waals surface area contributed by atoms with Gasteiger partial charge in [-0.2, -0.15) is 0 Å². The lowest BCUT2D eigenvalue weighted by molar-refractivity contribution is 0.0455. The maximum atomic E-state index is 13.3. The van der Waals surface area contributed by atoms with Crippen LogP contribution in [-0.2, 0) is 0 Å². The average molecular weight is 247 g/mol. The highest BCUT2D eigenvalue weighted by Gasteiger charge is 2.22. The molecule has 1 heterocycles. The molecule has 0 aliphatic carbocycles. The molecule has 0 atom stereocenters. The molecule has 0 aliphatic rings. The van der Waals surface area contributed by atoms with Crippen LogP contribution in [0, 0.1) is 5.82 Å². The molecule has 0 aliphatic heterocycles. The highest BCUT2D eigenvalue weighted by atomic mass is 35.5. The van der Waals surface area contributed by atoms with E-state index in [0.29, 0.717) is 12.8 Å². The van der Waals surface area contributed by atoms with Crippen molar-refractivity contribution in [2.45, 2.75) is 32.3 Å². The summed E-state index contributed by atoms with van der Waals surface area (Å²) in [5.41, 5.74) is -0.826. The van der Waals surface area contributed by atoms with E-state index in [2.05, 4.69) is 10.3 Å². The van der Waals surface area contributed by atoms with Gasteiger partial charge in [0.15, 0.2) is 11.6 Å². The van der Waals surface area contributed by atoms with Gasteiger partial charge in [-0.1, -0.05) is 25.4 Å². The third-order valence-electron chi connectivity index (χ3n) is 2.71. The zero-order valence-corrected chi connectivity index (χ0v) is 10.2. The Kier molecular flexibility index (Phi) is 4.50. The molecular formula is C11H16ClFN2O. The van der Waals surface area contributed by atoms with Crippen LogP contribution < -0.4 is 5.32 Å². The largest absolute Gasteiger partial charge is 0.388 e. The zero-order valence-electron chi connectivity index (χ0n) is 9.43. The maximum absolute atomic E-state index is 13.3. The van der Waals surface area contributed by atoms with Gasteiger partial charge in [0.25, 0.3) is 0 Å². The molecule has 5 heteroatoms. The second kappa shape index (κ2) is 5.46. The Morgan fingerprint density at radius 3 is 2.62 bits per heavy atom. The molecule has 3 nitrogen and oxygen atoms in total. The Morgan fingerprint density at radius 2 is 2.12 bits per heavy atom. The van der Waals surface area contributed by atoms with E-state index in [1.54, 1.807) is 0 Å². The molecule has 0 spiro atoms. The van der Waals surface area contributed by atoms with Gasteiger partial charge >= 0.3 is 0 Å². The van der Waals surface area contributed by atoms with Gasteiger partial charge in [0, 0.05) is 12.7 Å². The van der Waals surface area contributed by atoms with Crippen LogP contribution in [0.4, 0.5) is 10.2 Å². The molecule has 2 N–H and O–H groups in total. The number of aromatic nitrogens is 1. The number of halogens is 2. The first kappa shape index (κ1) is 13.2. The van der Waals surface area contributed by atoms with Crippen molar-refractivity contribution in [3.05, 3.63) is 23.1 Å². The molecule has 0 saturated carbocycles. The van der Waals surface area contributed by atoms with Crippen molar-refractivity contribution in [1.29, 1.82) is 0 Å². The molecular weight excluding hydrogens is 231 g/mol. The number of hydrogen-bond donors (Lipinski definition) is 2. The van der Waals surface area contributed by atoms with Gasteiger partial charge in [-0.15, -0.1) is 0 Å². The molecule has 1 aromatic rings. The van der Waals surface area contributed by atoms with Gasteiger partial charge in [-0.25, -0.2) is 9.37 Å². The molecule has 0 amide bonds. The lowest BCUT2D eigenvalue weighted by Crippen LogP contribution is -2.35. The second-order valence-electron chi connectivity index (χ2n) is 3.77. The van der Waals surface area contributed by atoms with Crippen molar-refractivity contribution in [2.24, 2.45) is 0 Å². The minimum Gasteiger partial charge on any atom is -0.388 e. The lowest BCUT2D eigenvalue weighted by Gasteiger charge is -2.25. The van der Waals surface area contributed by atoms with E-state index in [-0.39, 0.29) is 17.4 Å². The number of hydrogen-bond acceptors (Lipinski definition) is 3. The summed E-state index contributed by atoms with van der Waals surface area (Å²) in [4.78, 5) is 3.82. The number of rotatable bonds is 5. The summed E-state index contributed by atoms with van der Waals surface area (Å²) in [7, 11) is 0. The molecule has 0 fully saturated rings. The Hall–Kier alpha value is -0.870. The summed E-state index contributed by atoms with van der Waals surface area (Å²) in [6.45, 7) is 4.04. The molecule has 0 bridgehead atoms. The van der Waals surface area contributed by atoms with Gasteiger partial charge < -0.3 is 10.4 Å². The van der Waals surface area contributed by atoms with Crippen molar-refractivity contribution in [3.63, 3.8) is 0 Å². The predicted octanol–water partition coefficient (Wildman–Crippen LogP) is 2.84. The van der Waals surface area contributed by atoms with Crippen molar-refractivity contribution in [3.8, 4) is 0 Å². The van der Waals surface area contributed by atoms with Crippen molar-refractivity contribution >= 4 is 17.4 Å². The van der Waals surface area contributed by atoms with Crippen LogP contribution in [0.2, 0.25) is 5.02 Å². The van der Waals surface area contributed by atoms with Crippen LogP contribution in [0.1, 0.15) is 26.7 Å². The summed E-state index contributed by atoms with van der Waals surface area (Å²) in [6, 6.07) is 1.19. The van der Waals surface area contributed by atoms with E-state index in [4.69, 9.17) is 11.6 Å². The van der Waals surface area contributed by atoms with Crippen LogP contribution >= 0.6 is 11.6 Å². The maximum Gasteiger partial charge on any atom is 0.166 e. The van der Waals surface area contributed by atoms with Crippen molar-refractivity contribution in [2.75, 3.05) is 11.9 Å². The van der Waals surface area contributed by atoms with E-state index in [9.17, 15) is 9.50 Å². The van der Waals surface area contributed by atoms with Crippen molar-refractivity contribution < 1.29 is 9.50 Å². The molecule has 0 unspecified atom stereocenters. The highest BCUT2D eigenvalue weighted by molar-refractivity contribution is 6.30. The van der Waals surface area contributed by atoms with Gasteiger partial charge in [-0.05, 0) is 18.9 Å². The van der Waals surface area contributed by atoms with Crippen LogP contribution in [0.3, 0.4) is 0 Å². The molecule has 0 aromatic carbocycles. The van der Waals surface area contributed by atoms with Gasteiger partial charge in [-0.3, -0.25) is 0 Å². The molecule has 0 radical (unpaired) electrons. The normalized spacial score (nSPS) is 11.6. The number of nitrogens with zero attached hydrogens (tertiary/aromatic N) is 1. The van der Waals surface area contributed by atoms with E-state index >= 15 is 0 Å². The van der Waals surface area contributed by atoms with Crippen molar-refractivity contribution in [1.82, 2.24) is 4.98 Å². The van der Waals surface area contributed by atoms with E-state index < -0.39 is 11.4 Å². The number of anilines is 1. The van der Waals surface area contributed by atoms with Gasteiger partial charge in [0.1, 0.15) is 0 Å². The summed E-state index contributed by atoms with van der Waals surface area (Å²) >= 11 is 5.58. The molecule has 1 aromatic heterocycles. The summed E-state index contributed by atoms with van der Waals surface area (Å²) in [6.07, 6.45) is 2.57. The van der Waals surface area contributed by atoms with E-state index in [0.717, 1.165) is 0 Å². The number of nitrogens with one attached hydrogen (secondary N) is 1. The van der Waals surface area contributed by atoms with Crippen LogP contribution in [-0.4, -0.2) is 22.2 Å². The Morgan fingerprint density at radius 1 is 1.50 bits per heavy atom. The SMILES string of the molecule is CCC(O)(CC)CNc1ncc(Cl)cc1F. The third kappa shape index (κ3) is 3.32. The van der Waals surface area contributed by atoms with Crippen LogP contribution in [0.25, 0.3) is 0 Å². The summed E-state index contributed by atoms with van der Waals surface area (Å²) in [5, 5.41) is 13.0. The van der Waals surface area contributed by atoms with Gasteiger partial charge in [0.05, 0.1) is 10.6 Å². The second-order valence-corrected chi connectivity index (χ2v) is 4.21. The lowest BCUT2D eigenvalue weighted by atomic mass is 9.98. The first-order valence-electron chi connectivity index (χ1n) is 5.28. The first-order valence-corrected chi connectivity index (χ1v) is 5.66. The fourth-order valence-electron chi connectivity index (χ4n) is 1.29. The smallest absolute Gasteiger partial charge is 0.166 e. The topological polar surface area (TPSA) is 45.1 Å². The monoisotopic (exact) mass is 246 g/mol. The van der Waals surface area contributed by atoms with Crippen LogP contribution in [0.15, 0.2) is 12.3 Å². The number of pyridine rings is 1. The molecule has 16 heavy (non-hydrogen) atoms. The third-order valence-corrected chi connectivity index (χ3v) is 2.92. The fourth-order valence-corrected chi connectivity index (χ4v) is 1.44. The fraction of sp³-hybridized carbons (Fsp3) is 0.545. The zero-order chi connectivity index (χ0) is 12.2. The first-order chi connectivity index (χ1) is 7.50. The standard InChI is InChI=1S/C11H16ClFN2O/c1-3-11(16,4-2)7-15-10-9(13)5-8(12)6-14-10/h5-6,16H,3-4,7H2,1-2H3,(H,14,15). The average Bonchev–Trinajstić information content (AvgIpc) is 2.27. The Bertz CT molecular complexity index is 356. The predicted molar refractivity (Wildman–Crippen MR) is 63.2 cm³/mol. The quantitative estimate of drug-likeness (QED) is 0.840. The molecule has 90 valence electrons. The van der Waals surface area contributed by atoms with Gasteiger partial charge in [0.2, 0.25) is 0 Å². The number of aliphatic hydroxyl groups is 1. The van der Waals surface area contributed by atoms with Crippen LogP contribution in [0.5, 0.6) is 0 Å². The Balaban J connectivity index is 2.67. The summed E-state index contributed by atoms with van der Waals surface area (Å²) < 4.78 is 13.3. The summed E-state index contributed by atoms with van der Waals surface area (Å²) in [5.74, 6) is -0.396.